The summed E-state index contributed by atoms with van der Waals surface area (Å²) in [6, 6.07) is 11.0. The lowest BCUT2D eigenvalue weighted by Gasteiger charge is -2.09. The van der Waals surface area contributed by atoms with Crippen molar-refractivity contribution in [2.24, 2.45) is 0 Å². The van der Waals surface area contributed by atoms with Crippen LogP contribution >= 0.6 is 0 Å². The molecule has 0 atom stereocenters. The van der Waals surface area contributed by atoms with Crippen LogP contribution in [-0.2, 0) is 16.1 Å². The van der Waals surface area contributed by atoms with E-state index in [9.17, 15) is 4.79 Å². The maximum atomic E-state index is 12.0. The topological polar surface area (TPSA) is 92.9 Å². The lowest BCUT2D eigenvalue weighted by Crippen LogP contribution is -2.15. The van der Waals surface area contributed by atoms with Crippen molar-refractivity contribution in [1.82, 2.24) is 10.1 Å². The summed E-state index contributed by atoms with van der Waals surface area (Å²) < 4.78 is 26.3. The first kappa shape index (κ1) is 20.2. The number of hydrogen-bond acceptors (Lipinski definition) is 8. The molecule has 0 amide bonds. The first-order valence-corrected chi connectivity index (χ1v) is 8.91. The second kappa shape index (κ2) is 9.09. The van der Waals surface area contributed by atoms with Crippen LogP contribution in [0.4, 0.5) is 0 Å². The quantitative estimate of drug-likeness (QED) is 0.533. The summed E-state index contributed by atoms with van der Waals surface area (Å²) in [5.74, 6) is 1.78. The summed E-state index contributed by atoms with van der Waals surface area (Å²) in [4.78, 5) is 16.2. The molecular weight excluding hydrogens is 376 g/mol. The number of carbonyl (C=O) groups excluding carboxylic acids is 1. The summed E-state index contributed by atoms with van der Waals surface area (Å²) in [5, 5.41) is 3.91. The standard InChI is InChI=1S/C21H22N2O6/c1-13-5-6-14(2)17(9-13)27-12-20(24)28-11-19-22-21(23-29-19)16-8-7-15(25-3)10-18(16)26-4/h5-10H,11-12H2,1-4H3. The van der Waals surface area contributed by atoms with Gasteiger partial charge < -0.3 is 23.5 Å². The fourth-order valence-corrected chi connectivity index (χ4v) is 2.59. The average molecular weight is 398 g/mol. The maximum absolute atomic E-state index is 12.0. The van der Waals surface area contributed by atoms with E-state index < -0.39 is 5.97 Å². The van der Waals surface area contributed by atoms with Gasteiger partial charge >= 0.3 is 5.97 Å². The average Bonchev–Trinajstić information content (AvgIpc) is 3.21. The minimum atomic E-state index is -0.535. The highest BCUT2D eigenvalue weighted by atomic mass is 16.6. The molecule has 0 aliphatic carbocycles. The predicted molar refractivity (Wildman–Crippen MR) is 104 cm³/mol. The maximum Gasteiger partial charge on any atom is 0.344 e. The minimum absolute atomic E-state index is 0.152. The zero-order valence-corrected chi connectivity index (χ0v) is 16.7. The van der Waals surface area contributed by atoms with Gasteiger partial charge in [-0.15, -0.1) is 0 Å². The molecule has 0 saturated carbocycles. The van der Waals surface area contributed by atoms with Crippen molar-refractivity contribution in [2.75, 3.05) is 20.8 Å². The number of methoxy groups -OCH3 is 2. The Labute approximate surface area is 168 Å². The Balaban J connectivity index is 1.58. The van der Waals surface area contributed by atoms with Crippen LogP contribution in [0.3, 0.4) is 0 Å². The van der Waals surface area contributed by atoms with Crippen molar-refractivity contribution >= 4 is 5.97 Å². The molecule has 0 saturated heterocycles. The third kappa shape index (κ3) is 5.04. The highest BCUT2D eigenvalue weighted by molar-refractivity contribution is 5.71. The van der Waals surface area contributed by atoms with Crippen molar-refractivity contribution in [3.63, 3.8) is 0 Å². The van der Waals surface area contributed by atoms with Crippen LogP contribution in [0.15, 0.2) is 40.9 Å². The number of hydrogen-bond donors (Lipinski definition) is 0. The third-order valence-corrected chi connectivity index (χ3v) is 4.16. The van der Waals surface area contributed by atoms with Crippen molar-refractivity contribution in [3.05, 3.63) is 53.4 Å². The van der Waals surface area contributed by atoms with Gasteiger partial charge in [-0.05, 0) is 43.2 Å². The van der Waals surface area contributed by atoms with E-state index in [1.54, 1.807) is 25.3 Å². The lowest BCUT2D eigenvalue weighted by atomic mass is 10.1. The molecule has 152 valence electrons. The Hall–Kier alpha value is -3.55. The molecule has 0 bridgehead atoms. The highest BCUT2D eigenvalue weighted by Crippen LogP contribution is 2.31. The van der Waals surface area contributed by atoms with Crippen LogP contribution in [0.5, 0.6) is 17.2 Å². The molecule has 1 heterocycles. The fraction of sp³-hybridized carbons (Fsp3) is 0.286. The SMILES string of the molecule is COc1ccc(-c2noc(COC(=O)COc3cc(C)ccc3C)n2)c(OC)c1. The van der Waals surface area contributed by atoms with E-state index >= 15 is 0 Å². The Morgan fingerprint density at radius 1 is 1.03 bits per heavy atom. The van der Waals surface area contributed by atoms with E-state index in [-0.39, 0.29) is 19.1 Å². The van der Waals surface area contributed by atoms with Crippen LogP contribution in [-0.4, -0.2) is 36.9 Å². The monoisotopic (exact) mass is 398 g/mol. The van der Waals surface area contributed by atoms with Crippen molar-refractivity contribution in [3.8, 4) is 28.6 Å². The lowest BCUT2D eigenvalue weighted by molar-refractivity contribution is -0.148. The fourth-order valence-electron chi connectivity index (χ4n) is 2.59. The zero-order chi connectivity index (χ0) is 20.8. The summed E-state index contributed by atoms with van der Waals surface area (Å²) in [7, 11) is 3.11. The number of esters is 1. The predicted octanol–water partition coefficient (Wildman–Crippen LogP) is 3.49. The van der Waals surface area contributed by atoms with Gasteiger partial charge in [-0.3, -0.25) is 0 Å². The molecule has 0 spiro atoms. The molecule has 0 unspecified atom stereocenters. The molecule has 0 aliphatic heterocycles. The van der Waals surface area contributed by atoms with Gasteiger partial charge in [-0.1, -0.05) is 17.3 Å². The van der Waals surface area contributed by atoms with Crippen molar-refractivity contribution in [1.29, 1.82) is 0 Å². The van der Waals surface area contributed by atoms with Gasteiger partial charge in [0.25, 0.3) is 5.89 Å². The Morgan fingerprint density at radius 3 is 2.62 bits per heavy atom. The zero-order valence-electron chi connectivity index (χ0n) is 16.7. The van der Waals surface area contributed by atoms with Crippen LogP contribution in [0.2, 0.25) is 0 Å². The van der Waals surface area contributed by atoms with Crippen LogP contribution in [0.1, 0.15) is 17.0 Å². The second-order valence-corrected chi connectivity index (χ2v) is 6.30. The van der Waals surface area contributed by atoms with Gasteiger partial charge in [0.2, 0.25) is 5.82 Å². The van der Waals surface area contributed by atoms with E-state index in [2.05, 4.69) is 10.1 Å². The Bertz CT molecular complexity index is 999. The molecule has 0 N–H and O–H groups in total. The summed E-state index contributed by atoms with van der Waals surface area (Å²) >= 11 is 0. The van der Waals surface area contributed by atoms with Crippen LogP contribution in [0, 0.1) is 13.8 Å². The number of ether oxygens (including phenoxy) is 4. The number of benzene rings is 2. The van der Waals surface area contributed by atoms with Crippen LogP contribution in [0.25, 0.3) is 11.4 Å². The van der Waals surface area contributed by atoms with E-state index in [1.807, 2.05) is 32.0 Å². The Kier molecular flexibility index (Phi) is 6.33. The first-order valence-electron chi connectivity index (χ1n) is 8.91. The second-order valence-electron chi connectivity index (χ2n) is 6.30. The number of rotatable bonds is 8. The molecule has 0 fully saturated rings. The smallest absolute Gasteiger partial charge is 0.344 e. The molecule has 3 aromatic rings. The normalized spacial score (nSPS) is 10.5. The summed E-state index contributed by atoms with van der Waals surface area (Å²) in [6.45, 7) is 3.50. The van der Waals surface area contributed by atoms with Gasteiger partial charge in [0.15, 0.2) is 13.2 Å². The highest BCUT2D eigenvalue weighted by Gasteiger charge is 2.16. The first-order chi connectivity index (χ1) is 14.0. The number of aromatic nitrogens is 2. The molecule has 3 rings (SSSR count). The molecule has 0 radical (unpaired) electrons. The van der Waals surface area contributed by atoms with Crippen LogP contribution < -0.4 is 14.2 Å². The minimum Gasteiger partial charge on any atom is -0.497 e. The molecule has 0 aliphatic rings. The van der Waals surface area contributed by atoms with E-state index in [4.69, 9.17) is 23.5 Å². The van der Waals surface area contributed by atoms with E-state index in [0.717, 1.165) is 11.1 Å². The van der Waals surface area contributed by atoms with Gasteiger partial charge in [0.1, 0.15) is 17.2 Å². The molecule has 8 nitrogen and oxygen atoms in total. The number of aryl methyl sites for hydroxylation is 2. The molecule has 8 heteroatoms. The molecule has 1 aromatic heterocycles. The number of nitrogens with zero attached hydrogens (tertiary/aromatic N) is 2. The number of carbonyl (C=O) groups is 1. The molecule has 2 aromatic carbocycles. The summed E-state index contributed by atoms with van der Waals surface area (Å²) in [6.07, 6.45) is 0. The van der Waals surface area contributed by atoms with Crippen molar-refractivity contribution < 1.29 is 28.3 Å². The van der Waals surface area contributed by atoms with Gasteiger partial charge in [-0.25, -0.2) is 4.79 Å². The van der Waals surface area contributed by atoms with E-state index in [1.165, 1.54) is 7.11 Å². The molecular formula is C21H22N2O6. The summed E-state index contributed by atoms with van der Waals surface area (Å²) in [5.41, 5.74) is 2.62. The van der Waals surface area contributed by atoms with E-state index in [0.29, 0.717) is 28.6 Å². The van der Waals surface area contributed by atoms with Crippen molar-refractivity contribution in [2.45, 2.75) is 20.5 Å². The van der Waals surface area contributed by atoms with Gasteiger partial charge in [0, 0.05) is 6.07 Å². The third-order valence-electron chi connectivity index (χ3n) is 4.16. The Morgan fingerprint density at radius 2 is 1.86 bits per heavy atom. The molecule has 29 heavy (non-hydrogen) atoms. The van der Waals surface area contributed by atoms with Gasteiger partial charge in [0.05, 0.1) is 19.8 Å². The largest absolute Gasteiger partial charge is 0.497 e. The van der Waals surface area contributed by atoms with Gasteiger partial charge in [-0.2, -0.15) is 4.98 Å².